The summed E-state index contributed by atoms with van der Waals surface area (Å²) < 4.78 is 14.7. The molecule has 94 valence electrons. The Hall–Kier alpha value is -0.610. The first kappa shape index (κ1) is 12.8. The summed E-state index contributed by atoms with van der Waals surface area (Å²) in [4.78, 5) is 2.13. The number of rotatable bonds is 2. The summed E-state index contributed by atoms with van der Waals surface area (Å²) in [5.74, 6) is -0.145. The highest BCUT2D eigenvalue weighted by molar-refractivity contribution is 9.10. The molecule has 1 aromatic rings. The van der Waals surface area contributed by atoms with Crippen LogP contribution in [0, 0.1) is 5.82 Å². The summed E-state index contributed by atoms with van der Waals surface area (Å²) in [5, 5.41) is 3.50. The first-order valence-corrected chi connectivity index (χ1v) is 6.78. The van der Waals surface area contributed by atoms with Crippen LogP contribution in [0.3, 0.4) is 0 Å². The Balaban J connectivity index is 2.24. The van der Waals surface area contributed by atoms with Crippen LogP contribution in [-0.4, -0.2) is 25.2 Å². The van der Waals surface area contributed by atoms with Crippen molar-refractivity contribution in [2.75, 3.05) is 24.5 Å². The van der Waals surface area contributed by atoms with Crippen LogP contribution in [0.25, 0.3) is 0 Å². The van der Waals surface area contributed by atoms with E-state index in [0.717, 1.165) is 30.5 Å². The maximum Gasteiger partial charge on any atom is 0.146 e. The second-order valence-electron chi connectivity index (χ2n) is 4.86. The topological polar surface area (TPSA) is 15.3 Å². The van der Waals surface area contributed by atoms with E-state index in [0.29, 0.717) is 5.69 Å². The van der Waals surface area contributed by atoms with Crippen LogP contribution < -0.4 is 10.2 Å². The van der Waals surface area contributed by atoms with Gasteiger partial charge in [-0.05, 0) is 31.5 Å². The molecule has 0 radical (unpaired) electrons. The molecule has 1 atom stereocenters. The molecule has 1 saturated heterocycles. The Kier molecular flexibility index (Phi) is 3.73. The molecule has 0 amide bonds. The minimum absolute atomic E-state index is 0.0764. The van der Waals surface area contributed by atoms with Crippen molar-refractivity contribution in [2.45, 2.75) is 25.8 Å². The molecule has 0 aliphatic carbocycles. The molecule has 1 N–H and O–H groups in total. The lowest BCUT2D eigenvalue weighted by atomic mass is 9.95. The van der Waals surface area contributed by atoms with Crippen molar-refractivity contribution in [3.63, 3.8) is 0 Å². The smallest absolute Gasteiger partial charge is 0.146 e. The van der Waals surface area contributed by atoms with E-state index in [9.17, 15) is 4.39 Å². The number of nitrogens with zero attached hydrogens (tertiary/aromatic N) is 1. The van der Waals surface area contributed by atoms with E-state index in [1.165, 1.54) is 6.07 Å². The molecular weight excluding hydrogens is 283 g/mol. The largest absolute Gasteiger partial charge is 0.366 e. The normalized spacial score (nSPS) is 25.1. The highest BCUT2D eigenvalue weighted by Gasteiger charge is 2.29. The third-order valence-corrected chi connectivity index (χ3v) is 4.00. The highest BCUT2D eigenvalue weighted by Crippen LogP contribution is 2.27. The second-order valence-corrected chi connectivity index (χ2v) is 5.77. The van der Waals surface area contributed by atoms with Crippen LogP contribution in [-0.2, 0) is 0 Å². The number of hydrogen-bond donors (Lipinski definition) is 1. The Morgan fingerprint density at radius 3 is 3.00 bits per heavy atom. The molecule has 1 aliphatic heterocycles. The van der Waals surface area contributed by atoms with E-state index in [4.69, 9.17) is 0 Å². The van der Waals surface area contributed by atoms with E-state index in [1.54, 1.807) is 6.07 Å². The van der Waals surface area contributed by atoms with E-state index in [-0.39, 0.29) is 11.4 Å². The van der Waals surface area contributed by atoms with Crippen LogP contribution in [0.4, 0.5) is 10.1 Å². The number of halogens is 2. The predicted molar refractivity (Wildman–Crippen MR) is 73.0 cm³/mol. The summed E-state index contributed by atoms with van der Waals surface area (Å²) in [6, 6.07) is 5.11. The van der Waals surface area contributed by atoms with Crippen molar-refractivity contribution in [3.05, 3.63) is 28.5 Å². The van der Waals surface area contributed by atoms with Gasteiger partial charge in [0.15, 0.2) is 0 Å². The molecular formula is C13H18BrFN2. The zero-order valence-electron chi connectivity index (χ0n) is 10.3. The van der Waals surface area contributed by atoms with Crippen molar-refractivity contribution in [1.82, 2.24) is 5.32 Å². The fourth-order valence-corrected chi connectivity index (χ4v) is 2.57. The van der Waals surface area contributed by atoms with E-state index < -0.39 is 0 Å². The van der Waals surface area contributed by atoms with E-state index in [2.05, 4.69) is 40.0 Å². The van der Waals surface area contributed by atoms with Crippen LogP contribution in [0.2, 0.25) is 0 Å². The van der Waals surface area contributed by atoms with Gasteiger partial charge in [-0.15, -0.1) is 0 Å². The highest BCUT2D eigenvalue weighted by atomic mass is 79.9. The monoisotopic (exact) mass is 300 g/mol. The summed E-state index contributed by atoms with van der Waals surface area (Å²) in [7, 11) is 0. The molecule has 1 fully saturated rings. The predicted octanol–water partition coefficient (Wildman–Crippen LogP) is 3.17. The van der Waals surface area contributed by atoms with Gasteiger partial charge in [-0.3, -0.25) is 0 Å². The average Bonchev–Trinajstić information content (AvgIpc) is 2.32. The molecule has 1 aromatic carbocycles. The first-order chi connectivity index (χ1) is 8.04. The van der Waals surface area contributed by atoms with E-state index in [1.807, 2.05) is 6.07 Å². The third-order valence-electron chi connectivity index (χ3n) is 3.50. The number of piperazine rings is 1. The molecule has 2 nitrogen and oxygen atoms in total. The molecule has 0 spiro atoms. The standard InChI is InChI=1S/C13H18BrFN2/c1-3-13(2)9-17(7-6-16-13)12-8-10(14)4-5-11(12)15/h4-5,8,16H,3,6-7,9H2,1-2H3. The third kappa shape index (κ3) is 2.80. The number of nitrogens with one attached hydrogen (secondary N) is 1. The van der Waals surface area contributed by atoms with Gasteiger partial charge in [0.25, 0.3) is 0 Å². The Labute approximate surface area is 110 Å². The Morgan fingerprint density at radius 2 is 2.29 bits per heavy atom. The average molecular weight is 301 g/mol. The van der Waals surface area contributed by atoms with Gasteiger partial charge < -0.3 is 10.2 Å². The molecule has 0 saturated carbocycles. The van der Waals surface area contributed by atoms with Gasteiger partial charge in [0.1, 0.15) is 5.82 Å². The summed E-state index contributed by atoms with van der Waals surface area (Å²) in [5.41, 5.74) is 0.771. The van der Waals surface area contributed by atoms with Gasteiger partial charge in [-0.2, -0.15) is 0 Å². The first-order valence-electron chi connectivity index (χ1n) is 5.99. The fraction of sp³-hybridized carbons (Fsp3) is 0.538. The van der Waals surface area contributed by atoms with Crippen molar-refractivity contribution >= 4 is 21.6 Å². The van der Waals surface area contributed by atoms with Gasteiger partial charge in [-0.25, -0.2) is 4.39 Å². The molecule has 1 unspecified atom stereocenters. The molecule has 0 aromatic heterocycles. The van der Waals surface area contributed by atoms with Gasteiger partial charge in [0.05, 0.1) is 5.69 Å². The lowest BCUT2D eigenvalue weighted by Gasteiger charge is -2.42. The summed E-state index contributed by atoms with van der Waals surface area (Å²) in [6.07, 6.45) is 1.04. The van der Waals surface area contributed by atoms with Crippen molar-refractivity contribution in [3.8, 4) is 0 Å². The van der Waals surface area contributed by atoms with Crippen molar-refractivity contribution in [2.24, 2.45) is 0 Å². The Bertz CT molecular complexity index is 410. The van der Waals surface area contributed by atoms with Gasteiger partial charge in [0.2, 0.25) is 0 Å². The minimum Gasteiger partial charge on any atom is -0.366 e. The van der Waals surface area contributed by atoms with Gasteiger partial charge >= 0.3 is 0 Å². The van der Waals surface area contributed by atoms with Crippen LogP contribution in [0.1, 0.15) is 20.3 Å². The fourth-order valence-electron chi connectivity index (χ4n) is 2.22. The van der Waals surface area contributed by atoms with Crippen molar-refractivity contribution in [1.29, 1.82) is 0 Å². The van der Waals surface area contributed by atoms with E-state index >= 15 is 0 Å². The lowest BCUT2D eigenvalue weighted by molar-refractivity contribution is 0.313. The summed E-state index contributed by atoms with van der Waals surface area (Å²) >= 11 is 3.40. The quantitative estimate of drug-likeness (QED) is 0.902. The van der Waals surface area contributed by atoms with Crippen LogP contribution >= 0.6 is 15.9 Å². The lowest BCUT2D eigenvalue weighted by Crippen LogP contribution is -2.58. The molecule has 17 heavy (non-hydrogen) atoms. The minimum atomic E-state index is -0.145. The SMILES string of the molecule is CCC1(C)CN(c2cc(Br)ccc2F)CCN1. The molecule has 1 heterocycles. The van der Waals surface area contributed by atoms with Crippen LogP contribution in [0.15, 0.2) is 22.7 Å². The molecule has 0 bridgehead atoms. The van der Waals surface area contributed by atoms with Gasteiger partial charge in [-0.1, -0.05) is 22.9 Å². The maximum atomic E-state index is 13.8. The Morgan fingerprint density at radius 1 is 1.53 bits per heavy atom. The number of hydrogen-bond acceptors (Lipinski definition) is 2. The number of anilines is 1. The molecule has 1 aliphatic rings. The number of benzene rings is 1. The molecule has 2 rings (SSSR count). The zero-order valence-corrected chi connectivity index (χ0v) is 11.8. The maximum absolute atomic E-state index is 13.8. The van der Waals surface area contributed by atoms with Gasteiger partial charge in [0, 0.05) is 29.6 Å². The second kappa shape index (κ2) is 4.94. The summed E-state index contributed by atoms with van der Waals surface area (Å²) in [6.45, 7) is 6.94. The molecule has 4 heteroatoms. The zero-order chi connectivity index (χ0) is 12.5. The van der Waals surface area contributed by atoms with Crippen molar-refractivity contribution < 1.29 is 4.39 Å². The van der Waals surface area contributed by atoms with Crippen LogP contribution in [0.5, 0.6) is 0 Å².